The summed E-state index contributed by atoms with van der Waals surface area (Å²) < 4.78 is 5.17. The van der Waals surface area contributed by atoms with E-state index in [1.165, 1.54) is 17.9 Å². The summed E-state index contributed by atoms with van der Waals surface area (Å²) in [5.74, 6) is -1.25. The minimum atomic E-state index is -0.906. The molecule has 0 saturated carbocycles. The van der Waals surface area contributed by atoms with Crippen molar-refractivity contribution in [3.8, 4) is 5.75 Å². The third-order valence-corrected chi connectivity index (χ3v) is 5.13. The van der Waals surface area contributed by atoms with Crippen molar-refractivity contribution in [2.75, 3.05) is 27.2 Å². The summed E-state index contributed by atoms with van der Waals surface area (Å²) in [5.41, 5.74) is -1.71. The fraction of sp³-hybridized carbons (Fsp3) is 0.421. The summed E-state index contributed by atoms with van der Waals surface area (Å²) in [4.78, 5) is 50.5. The first-order chi connectivity index (χ1) is 14.1. The largest absolute Gasteiger partial charge is 0.502 e. The van der Waals surface area contributed by atoms with Gasteiger partial charge in [0.05, 0.1) is 4.92 Å². The Bertz CT molecular complexity index is 1080. The molecule has 2 aromatic rings. The maximum Gasteiger partial charge on any atom is 0.349 e. The molecule has 30 heavy (non-hydrogen) atoms. The van der Waals surface area contributed by atoms with Gasteiger partial charge >= 0.3 is 17.3 Å². The maximum atomic E-state index is 12.6. The van der Waals surface area contributed by atoms with Crippen molar-refractivity contribution in [3.05, 3.63) is 43.8 Å². The molecule has 11 nitrogen and oxygen atoms in total. The highest BCUT2D eigenvalue weighted by Crippen LogP contribution is 2.35. The Morgan fingerprint density at radius 3 is 2.50 bits per heavy atom. The van der Waals surface area contributed by atoms with Crippen LogP contribution in [0.2, 0.25) is 0 Å². The summed E-state index contributed by atoms with van der Waals surface area (Å²) in [6.07, 6.45) is 1.06. The first-order valence-electron chi connectivity index (χ1n) is 9.32. The van der Waals surface area contributed by atoms with Gasteiger partial charge in [0.15, 0.2) is 0 Å². The number of amides is 3. The number of nitro benzene ring substituents is 1. The smallest absolute Gasteiger partial charge is 0.349 e. The molecule has 2 N–H and O–H groups in total. The van der Waals surface area contributed by atoms with Crippen LogP contribution in [0.25, 0.3) is 11.0 Å². The minimum absolute atomic E-state index is 0.0184. The number of rotatable bonds is 3. The molecule has 11 heteroatoms. The van der Waals surface area contributed by atoms with Gasteiger partial charge in [-0.25, -0.2) is 9.59 Å². The number of piperidine rings is 1. The molecule has 1 aromatic carbocycles. The normalized spacial score (nSPS) is 14.6. The fourth-order valence-electron chi connectivity index (χ4n) is 3.46. The molecule has 0 radical (unpaired) electrons. The van der Waals surface area contributed by atoms with E-state index in [1.807, 2.05) is 0 Å². The van der Waals surface area contributed by atoms with Crippen LogP contribution >= 0.6 is 0 Å². The van der Waals surface area contributed by atoms with Gasteiger partial charge in [-0.1, -0.05) is 0 Å². The van der Waals surface area contributed by atoms with Crippen molar-refractivity contribution in [2.45, 2.75) is 25.8 Å². The molecule has 0 bridgehead atoms. The highest BCUT2D eigenvalue weighted by molar-refractivity contribution is 5.98. The number of benzene rings is 1. The number of likely N-dealkylation sites (tertiary alicyclic amines) is 1. The second-order valence-electron chi connectivity index (χ2n) is 7.40. The van der Waals surface area contributed by atoms with E-state index >= 15 is 0 Å². The summed E-state index contributed by atoms with van der Waals surface area (Å²) in [6, 6.07) is 1.95. The molecule has 1 aliphatic heterocycles. The van der Waals surface area contributed by atoms with Gasteiger partial charge in [-0.2, -0.15) is 0 Å². The summed E-state index contributed by atoms with van der Waals surface area (Å²) in [5, 5.41) is 24.0. The third kappa shape index (κ3) is 3.91. The number of carbonyl (C=O) groups is 2. The second kappa shape index (κ2) is 8.01. The number of fused-ring (bicyclic) bond motifs is 1. The number of nitrogens with one attached hydrogen (secondary N) is 1. The zero-order valence-corrected chi connectivity index (χ0v) is 16.8. The zero-order chi connectivity index (χ0) is 22.2. The molecular formula is C19H22N4O7. The van der Waals surface area contributed by atoms with Gasteiger partial charge in [0, 0.05) is 50.2 Å². The van der Waals surface area contributed by atoms with Crippen LogP contribution in [0.3, 0.4) is 0 Å². The van der Waals surface area contributed by atoms with Crippen molar-refractivity contribution in [3.63, 3.8) is 0 Å². The molecule has 1 saturated heterocycles. The van der Waals surface area contributed by atoms with Gasteiger partial charge in [-0.05, 0) is 25.8 Å². The lowest BCUT2D eigenvalue weighted by Gasteiger charge is -2.33. The SMILES string of the molecule is Cc1c(O)c([N+](=O)[O-])cc2cc(C(=O)NC3CCN(C(=O)N(C)C)CC3)c(=O)oc12. The number of aryl methyl sites for hydroxylation is 1. The van der Waals surface area contributed by atoms with Crippen LogP contribution in [0.5, 0.6) is 5.75 Å². The number of hydrogen-bond donors (Lipinski definition) is 2. The number of nitrogens with zero attached hydrogens (tertiary/aromatic N) is 3. The topological polar surface area (TPSA) is 146 Å². The van der Waals surface area contributed by atoms with E-state index in [0.717, 1.165) is 6.07 Å². The average Bonchev–Trinajstić information content (AvgIpc) is 2.70. The molecule has 3 rings (SSSR count). The minimum Gasteiger partial charge on any atom is -0.502 e. The lowest BCUT2D eigenvalue weighted by atomic mass is 10.0. The quantitative estimate of drug-likeness (QED) is 0.437. The number of hydrogen-bond acceptors (Lipinski definition) is 7. The third-order valence-electron chi connectivity index (χ3n) is 5.13. The monoisotopic (exact) mass is 418 g/mol. The Morgan fingerprint density at radius 2 is 1.93 bits per heavy atom. The van der Waals surface area contributed by atoms with Crippen LogP contribution in [-0.2, 0) is 0 Å². The van der Waals surface area contributed by atoms with Gasteiger partial charge in [-0.15, -0.1) is 0 Å². The van der Waals surface area contributed by atoms with Crippen LogP contribution in [-0.4, -0.2) is 65.0 Å². The fourth-order valence-corrected chi connectivity index (χ4v) is 3.46. The highest BCUT2D eigenvalue weighted by Gasteiger charge is 2.27. The van der Waals surface area contributed by atoms with Gasteiger partial charge < -0.3 is 24.6 Å². The van der Waals surface area contributed by atoms with Crippen molar-refractivity contribution in [2.24, 2.45) is 0 Å². The Morgan fingerprint density at radius 1 is 1.30 bits per heavy atom. The molecule has 160 valence electrons. The number of phenolic OH excluding ortho intramolecular Hbond substituents is 1. The Balaban J connectivity index is 1.81. The molecule has 0 unspecified atom stereocenters. The summed E-state index contributed by atoms with van der Waals surface area (Å²) >= 11 is 0. The number of phenols is 1. The molecule has 3 amide bonds. The highest BCUT2D eigenvalue weighted by atomic mass is 16.6. The standard InChI is InChI=1S/C19H22N4O7/c1-10-15(24)14(23(28)29)9-11-8-13(18(26)30-16(10)11)17(25)20-12-4-6-22(7-5-12)19(27)21(2)3/h8-9,12,24H,4-7H2,1-3H3,(H,20,25). The van der Waals surface area contributed by atoms with Crippen LogP contribution < -0.4 is 10.9 Å². The van der Waals surface area contributed by atoms with Crippen molar-refractivity contribution in [1.29, 1.82) is 0 Å². The van der Waals surface area contributed by atoms with Crippen LogP contribution in [0.4, 0.5) is 10.5 Å². The van der Waals surface area contributed by atoms with E-state index in [4.69, 9.17) is 4.42 Å². The molecule has 1 fully saturated rings. The van der Waals surface area contributed by atoms with E-state index in [1.54, 1.807) is 19.0 Å². The number of nitro groups is 1. The molecular weight excluding hydrogens is 396 g/mol. The van der Waals surface area contributed by atoms with E-state index < -0.39 is 27.9 Å². The molecule has 2 heterocycles. The molecule has 0 spiro atoms. The Hall–Kier alpha value is -3.63. The number of carbonyl (C=O) groups excluding carboxylic acids is 2. The molecule has 1 aromatic heterocycles. The van der Waals surface area contributed by atoms with Gasteiger partial charge in [0.1, 0.15) is 11.1 Å². The van der Waals surface area contributed by atoms with E-state index in [0.29, 0.717) is 25.9 Å². The van der Waals surface area contributed by atoms with E-state index in [-0.39, 0.29) is 34.2 Å². The second-order valence-corrected chi connectivity index (χ2v) is 7.40. The van der Waals surface area contributed by atoms with Crippen molar-refractivity contribution < 1.29 is 24.0 Å². The molecule has 0 aliphatic carbocycles. The van der Waals surface area contributed by atoms with Gasteiger partial charge in [0.25, 0.3) is 5.91 Å². The average molecular weight is 418 g/mol. The van der Waals surface area contributed by atoms with Crippen molar-refractivity contribution in [1.82, 2.24) is 15.1 Å². The Kier molecular flexibility index (Phi) is 5.63. The maximum absolute atomic E-state index is 12.6. The van der Waals surface area contributed by atoms with Crippen LogP contribution in [0.1, 0.15) is 28.8 Å². The number of urea groups is 1. The number of aromatic hydroxyl groups is 1. The van der Waals surface area contributed by atoms with Gasteiger partial charge in [0.2, 0.25) is 5.75 Å². The van der Waals surface area contributed by atoms with Crippen molar-refractivity contribution >= 4 is 28.6 Å². The predicted molar refractivity (Wildman–Crippen MR) is 107 cm³/mol. The predicted octanol–water partition coefficient (Wildman–Crippen LogP) is 1.59. The first kappa shape index (κ1) is 21.1. The van der Waals surface area contributed by atoms with E-state index in [9.17, 15) is 29.6 Å². The first-order valence-corrected chi connectivity index (χ1v) is 9.32. The summed E-state index contributed by atoms with van der Waals surface area (Å²) in [7, 11) is 3.34. The van der Waals surface area contributed by atoms with Crippen LogP contribution in [0.15, 0.2) is 21.3 Å². The molecule has 1 aliphatic rings. The lowest BCUT2D eigenvalue weighted by molar-refractivity contribution is -0.385. The zero-order valence-electron chi connectivity index (χ0n) is 16.8. The van der Waals surface area contributed by atoms with Crippen LogP contribution in [0, 0.1) is 17.0 Å². The summed E-state index contributed by atoms with van der Waals surface area (Å²) in [6.45, 7) is 2.33. The molecule has 0 atom stereocenters. The lowest BCUT2D eigenvalue weighted by Crippen LogP contribution is -2.49. The van der Waals surface area contributed by atoms with E-state index in [2.05, 4.69) is 5.32 Å². The Labute approximate surface area is 171 Å². The van der Waals surface area contributed by atoms with Gasteiger partial charge in [-0.3, -0.25) is 14.9 Å².